The quantitative estimate of drug-likeness (QED) is 0.176. The zero-order chi connectivity index (χ0) is 75.0. The summed E-state index contributed by atoms with van der Waals surface area (Å²) >= 11 is 0. The van der Waals surface area contributed by atoms with Crippen molar-refractivity contribution < 1.29 is 62.6 Å². The Morgan fingerprint density at radius 3 is 1.63 bits per heavy atom. The van der Waals surface area contributed by atoms with Crippen molar-refractivity contribution in [3.05, 3.63) is 71.8 Å². The van der Waals surface area contributed by atoms with Gasteiger partial charge in [0.1, 0.15) is 30.2 Å². The molecule has 4 rings (SSSR count). The van der Waals surface area contributed by atoms with E-state index in [0.29, 0.717) is 38.8 Å². The van der Waals surface area contributed by atoms with Crippen LogP contribution in [0.25, 0.3) is 0 Å². The van der Waals surface area contributed by atoms with E-state index < -0.39 is 138 Å². The first-order valence-electron chi connectivity index (χ1n) is 35.9. The van der Waals surface area contributed by atoms with Gasteiger partial charge in [-0.2, -0.15) is 0 Å². The summed E-state index contributed by atoms with van der Waals surface area (Å²) < 4.78 is 0. The topological polar surface area (TPSA) is 299 Å². The van der Waals surface area contributed by atoms with Crippen LogP contribution in [-0.4, -0.2) is 252 Å². The number of aliphatic hydroxyl groups excluding tert-OH is 1. The summed E-state index contributed by atoms with van der Waals surface area (Å²) in [5, 5.41) is 22.4. The number of likely N-dealkylation sites (N-methyl/N-ethyl adjacent to an activating group) is 4. The summed E-state index contributed by atoms with van der Waals surface area (Å²) in [4.78, 5) is 186. The third-order valence-electron chi connectivity index (χ3n) is 19.3. The van der Waals surface area contributed by atoms with Crippen LogP contribution in [0.1, 0.15) is 151 Å². The Bertz CT molecular complexity index is 3050. The summed E-state index contributed by atoms with van der Waals surface area (Å²) in [6.45, 7) is 19.7. The van der Waals surface area contributed by atoms with Gasteiger partial charge in [-0.15, -0.1) is 0 Å². The fourth-order valence-electron chi connectivity index (χ4n) is 13.2. The predicted molar refractivity (Wildman–Crippen MR) is 384 cm³/mol. The molecule has 25 nitrogen and oxygen atoms in total. The monoisotopic (exact) mass is 1400 g/mol. The minimum absolute atomic E-state index is 0.0260. The largest absolute Gasteiger partial charge is 0.391 e. The Labute approximate surface area is 594 Å². The number of carbonyl (C=O) groups excluding carboxylic acids is 12. The Morgan fingerprint density at radius 2 is 1.07 bits per heavy atom. The van der Waals surface area contributed by atoms with Crippen LogP contribution in [-0.2, 0) is 70.4 Å². The highest BCUT2D eigenvalue weighted by atomic mass is 16.3. The number of hydrogen-bond acceptors (Lipinski definition) is 13. The molecular weight excluding hydrogens is 1280 g/mol. The van der Waals surface area contributed by atoms with Crippen LogP contribution in [0.4, 0.5) is 0 Å². The van der Waals surface area contributed by atoms with E-state index in [1.165, 1.54) is 62.4 Å². The van der Waals surface area contributed by atoms with Crippen LogP contribution in [0.15, 0.2) is 60.7 Å². The molecule has 0 aromatic heterocycles. The lowest BCUT2D eigenvalue weighted by Gasteiger charge is -2.36. The molecule has 5 N–H and O–H groups in total. The number of likely N-dealkylation sites (tertiary alicyclic amines) is 1. The summed E-state index contributed by atoms with van der Waals surface area (Å²) in [5.74, 6) is -9.72. The van der Waals surface area contributed by atoms with Gasteiger partial charge in [0.2, 0.25) is 70.9 Å². The molecule has 0 aliphatic carbocycles. The standard InChI is InChI=1S/C75H120N12O13/c1-47(2)36-57-41-65(91)85(17)62(38-49(5)6)75(100)82(14)46-66(92)84(16)60(33-32-54-28-22-19-23-29-54)68(93)77-52(10)39-64(90)80(12)45-56(40-55-30-24-20-25-31-55)72(97)86(18)61(37-48(3)4)69(94)79-67(53(11)88)70(95)78-59(74(99)87-34-26-21-27-35-87)42-63(89)76-43-58(50(7)8)73(98)81(13)44-51(9)71(96)83(57)15/h19-20,22-25,28-31,47-53,56-62,67,88H,21,26-27,32-46H2,1-18H3,(H,76,89)(H,77,93)(H,78,95)(H,79,94)/t51-,52+,53-,56-,57+,58-,59+,60+,61+,62+,67+/m1/s1. The molecule has 558 valence electrons. The second-order valence-corrected chi connectivity index (χ2v) is 29.8. The molecule has 0 radical (unpaired) electrons. The number of aliphatic hydroxyl groups is 1. The van der Waals surface area contributed by atoms with Gasteiger partial charge >= 0.3 is 0 Å². The van der Waals surface area contributed by atoms with Gasteiger partial charge in [0.15, 0.2) is 0 Å². The number of rotatable bonds is 14. The molecule has 2 aliphatic rings. The number of nitrogens with zero attached hydrogens (tertiary/aromatic N) is 8. The highest BCUT2D eigenvalue weighted by molar-refractivity contribution is 5.97. The lowest BCUT2D eigenvalue weighted by molar-refractivity contribution is -0.149. The molecule has 2 aromatic rings. The predicted octanol–water partition coefficient (Wildman–Crippen LogP) is 4.38. The fraction of sp³-hybridized carbons (Fsp3) is 0.680. The number of nitrogens with one attached hydrogen (secondary N) is 4. The number of amides is 12. The number of piperidine rings is 1. The number of hydrogen-bond donors (Lipinski definition) is 5. The Hall–Kier alpha value is -7.96. The molecule has 2 aromatic carbocycles. The van der Waals surface area contributed by atoms with E-state index in [4.69, 9.17) is 0 Å². The van der Waals surface area contributed by atoms with Crippen molar-refractivity contribution in [3.8, 4) is 0 Å². The SMILES string of the molecule is CC(C)C[C@H]1CC(=O)N(C)[C@@H](CC(C)C)C(=O)N(C)CC(=O)N(C)[C@@H](CCc2ccccc2)C(=O)N[C@@H](C)CC(=O)N(C)C[C@@H](Cc2ccccc2)C(=O)N(C)[C@@H](CC(C)C)C(=O)N[C@@H]([C@@H](C)O)C(=O)N[C@H](C(=O)N2CCCCC2)CC(=O)NC[C@H](C(C)C)C(=O)N(C)C[C@@H](C)C(=O)N1C. The molecule has 0 unspecified atom stereocenters. The molecule has 0 spiro atoms. The van der Waals surface area contributed by atoms with Crippen LogP contribution in [0.3, 0.4) is 0 Å². The number of benzene rings is 2. The van der Waals surface area contributed by atoms with E-state index in [0.717, 1.165) is 17.5 Å². The van der Waals surface area contributed by atoms with Crippen LogP contribution in [0, 0.1) is 41.4 Å². The highest BCUT2D eigenvalue weighted by Crippen LogP contribution is 2.25. The Kier molecular flexibility index (Phi) is 34.2. The molecule has 2 aliphatic heterocycles. The van der Waals surface area contributed by atoms with Crippen molar-refractivity contribution in [2.75, 3.05) is 88.6 Å². The van der Waals surface area contributed by atoms with Gasteiger partial charge in [-0.05, 0) is 106 Å². The van der Waals surface area contributed by atoms with Crippen LogP contribution in [0.5, 0.6) is 0 Å². The smallest absolute Gasteiger partial charge is 0.245 e. The average molecular weight is 1400 g/mol. The summed E-state index contributed by atoms with van der Waals surface area (Å²) in [7, 11) is 10.7. The van der Waals surface area contributed by atoms with Gasteiger partial charge < -0.3 is 65.6 Å². The summed E-state index contributed by atoms with van der Waals surface area (Å²) in [6, 6.07) is 10.7. The van der Waals surface area contributed by atoms with E-state index in [1.54, 1.807) is 46.9 Å². The second kappa shape index (κ2) is 40.5. The lowest BCUT2D eigenvalue weighted by Crippen LogP contribution is -2.61. The van der Waals surface area contributed by atoms with Gasteiger partial charge in [-0.1, -0.05) is 123 Å². The van der Waals surface area contributed by atoms with E-state index in [1.807, 2.05) is 116 Å². The minimum atomic E-state index is -1.68. The van der Waals surface area contributed by atoms with Crippen LogP contribution in [0.2, 0.25) is 0 Å². The van der Waals surface area contributed by atoms with Gasteiger partial charge in [0, 0.05) is 107 Å². The van der Waals surface area contributed by atoms with Crippen LogP contribution < -0.4 is 21.3 Å². The molecule has 11 atom stereocenters. The zero-order valence-corrected chi connectivity index (χ0v) is 63.1. The molecule has 100 heavy (non-hydrogen) atoms. The zero-order valence-electron chi connectivity index (χ0n) is 63.1. The Balaban J connectivity index is 1.81. The maximum Gasteiger partial charge on any atom is 0.245 e. The third-order valence-corrected chi connectivity index (χ3v) is 19.3. The third kappa shape index (κ3) is 25.9. The summed E-state index contributed by atoms with van der Waals surface area (Å²) in [5.41, 5.74) is 1.67. The van der Waals surface area contributed by atoms with Crippen molar-refractivity contribution in [2.45, 2.75) is 202 Å². The molecule has 0 saturated carbocycles. The molecule has 2 heterocycles. The maximum atomic E-state index is 15.1. The normalized spacial score (nSPS) is 25.6. The van der Waals surface area contributed by atoms with Crippen LogP contribution >= 0.6 is 0 Å². The average Bonchev–Trinajstić information content (AvgIpc) is 0.836. The number of carbonyl (C=O) groups is 12. The van der Waals surface area contributed by atoms with E-state index in [2.05, 4.69) is 21.3 Å². The summed E-state index contributed by atoms with van der Waals surface area (Å²) in [6.07, 6.45) is 1.25. The molecule has 2 fully saturated rings. The van der Waals surface area contributed by atoms with E-state index in [9.17, 15) is 57.8 Å². The van der Waals surface area contributed by atoms with Gasteiger partial charge in [0.25, 0.3) is 0 Å². The Morgan fingerprint density at radius 1 is 0.520 bits per heavy atom. The van der Waals surface area contributed by atoms with Gasteiger partial charge in [0.05, 0.1) is 36.8 Å². The van der Waals surface area contributed by atoms with Gasteiger partial charge in [-0.3, -0.25) is 57.5 Å². The first kappa shape index (κ1) is 84.5. The molecular formula is C75H120N12O13. The van der Waals surface area contributed by atoms with Crippen molar-refractivity contribution in [1.82, 2.24) is 60.5 Å². The van der Waals surface area contributed by atoms with Crippen molar-refractivity contribution in [2.24, 2.45) is 41.4 Å². The van der Waals surface area contributed by atoms with Crippen molar-refractivity contribution >= 4 is 70.9 Å². The van der Waals surface area contributed by atoms with E-state index in [-0.39, 0.29) is 93.6 Å². The molecule has 2 saturated heterocycles. The first-order valence-corrected chi connectivity index (χ1v) is 35.9. The number of aryl methyl sites for hydroxylation is 1. The molecule has 0 bridgehead atoms. The molecule has 25 heteroatoms. The maximum absolute atomic E-state index is 15.1. The highest BCUT2D eigenvalue weighted by Gasteiger charge is 2.41. The second-order valence-electron chi connectivity index (χ2n) is 29.8. The van der Waals surface area contributed by atoms with Crippen molar-refractivity contribution in [3.63, 3.8) is 0 Å². The minimum Gasteiger partial charge on any atom is -0.391 e. The lowest BCUT2D eigenvalue weighted by atomic mass is 9.93. The first-order chi connectivity index (χ1) is 46.9. The molecule has 12 amide bonds. The van der Waals surface area contributed by atoms with Crippen molar-refractivity contribution in [1.29, 1.82) is 0 Å². The van der Waals surface area contributed by atoms with Gasteiger partial charge in [-0.25, -0.2) is 0 Å². The van der Waals surface area contributed by atoms with E-state index >= 15 is 4.79 Å². The fourth-order valence-corrected chi connectivity index (χ4v) is 13.2.